The van der Waals surface area contributed by atoms with Crippen molar-refractivity contribution in [3.8, 4) is 0 Å². The second-order valence-corrected chi connectivity index (χ2v) is 3.74. The molecule has 10 heteroatoms. The Bertz CT molecular complexity index is 875. The minimum atomic E-state index is -0.325. The molecule has 0 aliphatic heterocycles. The molecule has 0 bridgehead atoms. The highest BCUT2D eigenvalue weighted by atomic mass is 16.1. The quantitative estimate of drug-likeness (QED) is 0.338. The summed E-state index contributed by atoms with van der Waals surface area (Å²) in [6.45, 7) is 0. The van der Waals surface area contributed by atoms with Crippen LogP contribution in [-0.2, 0) is 0 Å². The summed E-state index contributed by atoms with van der Waals surface area (Å²) in [5.74, 6) is 0.0896. The third-order valence-electron chi connectivity index (χ3n) is 2.42. The van der Waals surface area contributed by atoms with Crippen LogP contribution in [0.5, 0.6) is 0 Å². The van der Waals surface area contributed by atoms with Gasteiger partial charge in [-0.1, -0.05) is 0 Å². The van der Waals surface area contributed by atoms with E-state index >= 15 is 0 Å². The first-order valence-corrected chi connectivity index (χ1v) is 5.52. The average molecular weight is 271 g/mol. The van der Waals surface area contributed by atoms with Crippen LogP contribution in [0.3, 0.4) is 0 Å². The lowest BCUT2D eigenvalue weighted by atomic mass is 10.5. The summed E-state index contributed by atoms with van der Waals surface area (Å²) in [5, 5.41) is 7.47. The van der Waals surface area contributed by atoms with Crippen LogP contribution in [0.4, 0.5) is 5.95 Å². The summed E-state index contributed by atoms with van der Waals surface area (Å²) >= 11 is 0. The fourth-order valence-electron chi connectivity index (χ4n) is 1.55. The van der Waals surface area contributed by atoms with Gasteiger partial charge in [0.05, 0.1) is 11.7 Å². The van der Waals surface area contributed by atoms with Gasteiger partial charge in [-0.3, -0.25) is 14.9 Å². The van der Waals surface area contributed by atoms with E-state index in [4.69, 9.17) is 5.73 Å². The first-order valence-electron chi connectivity index (χ1n) is 5.52. The van der Waals surface area contributed by atoms with Gasteiger partial charge in [-0.15, -0.1) is 0 Å². The molecule has 0 saturated heterocycles. The van der Waals surface area contributed by atoms with Gasteiger partial charge in [0.1, 0.15) is 6.33 Å². The number of H-pyrrole nitrogens is 3. The molecule has 0 aliphatic carbocycles. The number of aromatic nitrogens is 8. The second kappa shape index (κ2) is 4.76. The van der Waals surface area contributed by atoms with Crippen molar-refractivity contribution < 1.29 is 0 Å². The van der Waals surface area contributed by atoms with Crippen LogP contribution in [0.1, 0.15) is 0 Å². The summed E-state index contributed by atoms with van der Waals surface area (Å²) in [4.78, 5) is 31.3. The number of aromatic amines is 3. The Labute approximate surface area is 110 Å². The lowest BCUT2D eigenvalue weighted by Crippen LogP contribution is -2.10. The van der Waals surface area contributed by atoms with Gasteiger partial charge in [-0.05, 0) is 0 Å². The Kier molecular flexibility index (Phi) is 2.80. The molecule has 4 aromatic heterocycles. The van der Waals surface area contributed by atoms with E-state index in [2.05, 4.69) is 40.1 Å². The molecule has 0 fully saturated rings. The van der Waals surface area contributed by atoms with E-state index in [1.165, 1.54) is 12.7 Å². The first-order chi connectivity index (χ1) is 9.74. The predicted octanol–water partition coefficient (Wildman–Crippen LogP) is -0.419. The van der Waals surface area contributed by atoms with E-state index in [0.29, 0.717) is 11.3 Å². The summed E-state index contributed by atoms with van der Waals surface area (Å²) in [6, 6.07) is 0. The Morgan fingerprint density at radius 2 is 2.15 bits per heavy atom. The lowest BCUT2D eigenvalue weighted by Gasteiger charge is -1.89. The molecule has 0 aromatic carbocycles. The molecule has 100 valence electrons. The largest absolute Gasteiger partial charge is 0.369 e. The Balaban J connectivity index is 0.000000123. The average Bonchev–Trinajstić information content (AvgIpc) is 3.06. The van der Waals surface area contributed by atoms with Gasteiger partial charge in [-0.25, -0.2) is 15.0 Å². The maximum Gasteiger partial charge on any atom is 0.280 e. The zero-order valence-corrected chi connectivity index (χ0v) is 10.0. The summed E-state index contributed by atoms with van der Waals surface area (Å²) in [5.41, 5.74) is 6.34. The highest BCUT2D eigenvalue weighted by Gasteiger charge is 2.01. The SMILES string of the molecule is Nc1nc2[nH]cnc2c(=O)[nH]1.c1ncc2c[nH]nc2n1. The van der Waals surface area contributed by atoms with E-state index in [9.17, 15) is 4.79 Å². The normalized spacial score (nSPS) is 10.4. The number of fused-ring (bicyclic) bond motifs is 2. The number of hydrogen-bond donors (Lipinski definition) is 4. The van der Waals surface area contributed by atoms with Gasteiger partial charge in [0.15, 0.2) is 16.8 Å². The standard InChI is InChI=1S/C5H5N5O.C5H4N4/c6-5-9-3-2(4(11)10-5)7-1-8-3;1-4-2-8-9-5(4)7-3-6-1/h1H,(H4,6,7,8,9,10,11);1-3H,(H,6,7,8,9). The van der Waals surface area contributed by atoms with Crippen molar-refractivity contribution in [3.05, 3.63) is 35.4 Å². The van der Waals surface area contributed by atoms with Crippen molar-refractivity contribution >= 4 is 28.1 Å². The number of nitrogens with one attached hydrogen (secondary N) is 3. The van der Waals surface area contributed by atoms with Crippen LogP contribution in [-0.4, -0.2) is 40.1 Å². The van der Waals surface area contributed by atoms with Gasteiger partial charge >= 0.3 is 0 Å². The van der Waals surface area contributed by atoms with Crippen LogP contribution < -0.4 is 11.3 Å². The van der Waals surface area contributed by atoms with Crippen molar-refractivity contribution in [3.63, 3.8) is 0 Å². The molecule has 4 heterocycles. The number of nitrogen functional groups attached to an aromatic ring is 1. The smallest absolute Gasteiger partial charge is 0.280 e. The highest BCUT2D eigenvalue weighted by Crippen LogP contribution is 2.01. The number of nitrogens with two attached hydrogens (primary N) is 1. The van der Waals surface area contributed by atoms with Gasteiger partial charge in [0.25, 0.3) is 5.56 Å². The van der Waals surface area contributed by atoms with E-state index in [0.717, 1.165) is 5.39 Å². The highest BCUT2D eigenvalue weighted by molar-refractivity contribution is 5.71. The van der Waals surface area contributed by atoms with Gasteiger partial charge in [-0.2, -0.15) is 10.1 Å². The van der Waals surface area contributed by atoms with Crippen LogP contribution in [0.25, 0.3) is 22.2 Å². The zero-order valence-electron chi connectivity index (χ0n) is 10.0. The third-order valence-corrected chi connectivity index (χ3v) is 2.42. The summed E-state index contributed by atoms with van der Waals surface area (Å²) in [6.07, 6.45) is 6.34. The van der Waals surface area contributed by atoms with Crippen molar-refractivity contribution in [1.29, 1.82) is 0 Å². The topological polar surface area (TPSA) is 155 Å². The lowest BCUT2D eigenvalue weighted by molar-refractivity contribution is 1.09. The molecule has 0 aliphatic rings. The minimum Gasteiger partial charge on any atom is -0.369 e. The van der Waals surface area contributed by atoms with E-state index < -0.39 is 0 Å². The zero-order chi connectivity index (χ0) is 13.9. The van der Waals surface area contributed by atoms with Gasteiger partial charge < -0.3 is 10.7 Å². The van der Waals surface area contributed by atoms with Crippen LogP contribution >= 0.6 is 0 Å². The molecule has 0 radical (unpaired) electrons. The number of anilines is 1. The Hall–Kier alpha value is -3.30. The van der Waals surface area contributed by atoms with Gasteiger partial charge in [0.2, 0.25) is 5.95 Å². The fraction of sp³-hybridized carbons (Fsp3) is 0. The van der Waals surface area contributed by atoms with Crippen LogP contribution in [0.15, 0.2) is 29.8 Å². The van der Waals surface area contributed by atoms with Crippen molar-refractivity contribution in [2.24, 2.45) is 0 Å². The first kappa shape index (κ1) is 11.8. The maximum absolute atomic E-state index is 11.0. The Morgan fingerprint density at radius 1 is 1.25 bits per heavy atom. The fourth-order valence-corrected chi connectivity index (χ4v) is 1.55. The second-order valence-electron chi connectivity index (χ2n) is 3.74. The molecule has 0 saturated carbocycles. The molecule has 0 amide bonds. The van der Waals surface area contributed by atoms with Crippen LogP contribution in [0.2, 0.25) is 0 Å². The summed E-state index contributed by atoms with van der Waals surface area (Å²) < 4.78 is 0. The number of imidazole rings is 1. The summed E-state index contributed by atoms with van der Waals surface area (Å²) in [7, 11) is 0. The molecular formula is C10H9N9O. The van der Waals surface area contributed by atoms with E-state index in [-0.39, 0.29) is 17.0 Å². The van der Waals surface area contributed by atoms with Gasteiger partial charge in [0, 0.05) is 12.4 Å². The van der Waals surface area contributed by atoms with Crippen LogP contribution in [0, 0.1) is 0 Å². The Morgan fingerprint density at radius 3 is 3.00 bits per heavy atom. The molecule has 4 aromatic rings. The number of hydrogen-bond acceptors (Lipinski definition) is 7. The molecule has 0 atom stereocenters. The number of nitrogens with zero attached hydrogens (tertiary/aromatic N) is 5. The van der Waals surface area contributed by atoms with E-state index in [1.807, 2.05) is 0 Å². The minimum absolute atomic E-state index is 0.0896. The van der Waals surface area contributed by atoms with Crippen molar-refractivity contribution in [1.82, 2.24) is 40.1 Å². The molecule has 0 spiro atoms. The van der Waals surface area contributed by atoms with E-state index in [1.54, 1.807) is 12.4 Å². The predicted molar refractivity (Wildman–Crippen MR) is 70.6 cm³/mol. The third kappa shape index (κ3) is 2.16. The van der Waals surface area contributed by atoms with Crippen molar-refractivity contribution in [2.45, 2.75) is 0 Å². The molecule has 20 heavy (non-hydrogen) atoms. The molecule has 0 unspecified atom stereocenters. The monoisotopic (exact) mass is 271 g/mol. The number of rotatable bonds is 0. The molecular weight excluding hydrogens is 262 g/mol. The maximum atomic E-state index is 11.0. The molecule has 10 nitrogen and oxygen atoms in total. The molecule has 5 N–H and O–H groups in total. The van der Waals surface area contributed by atoms with Crippen molar-refractivity contribution in [2.75, 3.05) is 5.73 Å². The molecule has 4 rings (SSSR count).